The standard InChI is InChI=1S/C26H30F6O2/c1-4-6-17-7-9-18(10-8-17)19-11-13-20(14-12-19)34-26(31,32)22-16(3)15-21(33-5-2)24(27)23(22)25(28,29)30/h11-15,17-18H,4-10H2,1-3H3. The number of benzene rings is 2. The van der Waals surface area contributed by atoms with Gasteiger partial charge >= 0.3 is 12.3 Å². The minimum absolute atomic E-state index is 0.119. The SMILES string of the molecule is CCCC1CCC(c2ccc(OC(F)(F)c3c(C)cc(OCC)c(F)c3C(F)(F)F)cc2)CC1. The third-order valence-corrected chi connectivity index (χ3v) is 6.44. The van der Waals surface area contributed by atoms with Gasteiger partial charge in [0.2, 0.25) is 0 Å². The van der Waals surface area contributed by atoms with Crippen LogP contribution in [0.25, 0.3) is 0 Å². The molecule has 1 saturated carbocycles. The Morgan fingerprint density at radius 3 is 2.06 bits per heavy atom. The first kappa shape index (κ1) is 26.2. The first-order chi connectivity index (χ1) is 16.0. The minimum atomic E-state index is -5.37. The maximum absolute atomic E-state index is 15.0. The van der Waals surface area contributed by atoms with E-state index in [1.807, 2.05) is 0 Å². The molecule has 0 unspecified atom stereocenters. The highest BCUT2D eigenvalue weighted by atomic mass is 19.4. The third kappa shape index (κ3) is 5.81. The van der Waals surface area contributed by atoms with Gasteiger partial charge in [-0.3, -0.25) is 0 Å². The van der Waals surface area contributed by atoms with Gasteiger partial charge in [0, 0.05) is 0 Å². The molecule has 1 aliphatic carbocycles. The molecule has 0 saturated heterocycles. The Morgan fingerprint density at radius 1 is 0.912 bits per heavy atom. The molecule has 2 nitrogen and oxygen atoms in total. The van der Waals surface area contributed by atoms with E-state index in [9.17, 15) is 17.6 Å². The van der Waals surface area contributed by atoms with Gasteiger partial charge in [-0.1, -0.05) is 31.9 Å². The molecule has 0 amide bonds. The summed E-state index contributed by atoms with van der Waals surface area (Å²) in [6, 6.07) is 6.83. The van der Waals surface area contributed by atoms with E-state index in [0.717, 1.165) is 56.6 Å². The molecule has 0 aliphatic heterocycles. The van der Waals surface area contributed by atoms with Crippen LogP contribution in [0.5, 0.6) is 11.5 Å². The summed E-state index contributed by atoms with van der Waals surface area (Å²) < 4.78 is 95.1. The molecule has 188 valence electrons. The van der Waals surface area contributed by atoms with Gasteiger partial charge in [0.15, 0.2) is 11.6 Å². The zero-order valence-electron chi connectivity index (χ0n) is 19.6. The number of halogens is 6. The molecule has 34 heavy (non-hydrogen) atoms. The van der Waals surface area contributed by atoms with Gasteiger partial charge in [-0.05, 0) is 80.7 Å². The highest BCUT2D eigenvalue weighted by Crippen LogP contribution is 2.46. The van der Waals surface area contributed by atoms with Crippen LogP contribution in [0.1, 0.15) is 80.5 Å². The van der Waals surface area contributed by atoms with Crippen LogP contribution >= 0.6 is 0 Å². The summed E-state index contributed by atoms with van der Waals surface area (Å²) in [4.78, 5) is 0. The van der Waals surface area contributed by atoms with Crippen molar-refractivity contribution in [3.8, 4) is 11.5 Å². The Kier molecular flexibility index (Phi) is 8.09. The number of aryl methyl sites for hydroxylation is 1. The molecule has 2 aromatic carbocycles. The van der Waals surface area contributed by atoms with Gasteiger partial charge in [-0.25, -0.2) is 4.39 Å². The van der Waals surface area contributed by atoms with Crippen molar-refractivity contribution >= 4 is 0 Å². The first-order valence-corrected chi connectivity index (χ1v) is 11.7. The second kappa shape index (κ2) is 10.5. The Bertz CT molecular complexity index is 961. The Hall–Kier alpha value is -2.38. The van der Waals surface area contributed by atoms with Gasteiger partial charge in [-0.15, -0.1) is 0 Å². The molecule has 0 radical (unpaired) electrons. The van der Waals surface area contributed by atoms with Crippen LogP contribution in [0, 0.1) is 18.7 Å². The average molecular weight is 489 g/mol. The van der Waals surface area contributed by atoms with E-state index < -0.39 is 40.5 Å². The highest BCUT2D eigenvalue weighted by Gasteiger charge is 2.49. The molecule has 0 aromatic heterocycles. The minimum Gasteiger partial charge on any atom is -0.491 e. The number of rotatable bonds is 8. The number of hydrogen-bond acceptors (Lipinski definition) is 2. The largest absolute Gasteiger partial charge is 0.491 e. The lowest BCUT2D eigenvalue weighted by atomic mass is 9.77. The summed E-state index contributed by atoms with van der Waals surface area (Å²) in [6.45, 7) is 4.55. The summed E-state index contributed by atoms with van der Waals surface area (Å²) >= 11 is 0. The van der Waals surface area contributed by atoms with Crippen molar-refractivity contribution in [3.05, 3.63) is 58.4 Å². The fourth-order valence-electron chi connectivity index (χ4n) is 4.86. The molecule has 2 aromatic rings. The molecule has 0 heterocycles. The fourth-order valence-corrected chi connectivity index (χ4v) is 4.86. The van der Waals surface area contributed by atoms with Gasteiger partial charge < -0.3 is 9.47 Å². The second-order valence-corrected chi connectivity index (χ2v) is 8.88. The van der Waals surface area contributed by atoms with E-state index in [0.29, 0.717) is 5.92 Å². The zero-order chi connectivity index (χ0) is 25.1. The average Bonchev–Trinajstić information content (AvgIpc) is 2.76. The quantitative estimate of drug-likeness (QED) is 0.346. The molecule has 0 bridgehead atoms. The van der Waals surface area contributed by atoms with E-state index >= 15 is 8.78 Å². The van der Waals surface area contributed by atoms with Crippen LogP contribution in [-0.4, -0.2) is 6.61 Å². The summed E-state index contributed by atoms with van der Waals surface area (Å²) in [5, 5.41) is 0. The molecular weight excluding hydrogens is 458 g/mol. The molecule has 8 heteroatoms. The lowest BCUT2D eigenvalue weighted by Gasteiger charge is -2.29. The maximum atomic E-state index is 15.0. The van der Waals surface area contributed by atoms with E-state index in [1.165, 1.54) is 25.5 Å². The van der Waals surface area contributed by atoms with Crippen molar-refractivity contribution in [1.82, 2.24) is 0 Å². The topological polar surface area (TPSA) is 18.5 Å². The van der Waals surface area contributed by atoms with Crippen LogP contribution in [0.3, 0.4) is 0 Å². The summed E-state index contributed by atoms with van der Waals surface area (Å²) in [5.41, 5.74) is -3.13. The second-order valence-electron chi connectivity index (χ2n) is 8.88. The van der Waals surface area contributed by atoms with Crippen LogP contribution in [-0.2, 0) is 12.3 Å². The summed E-state index contributed by atoms with van der Waals surface area (Å²) in [5.74, 6) is -1.86. The number of ether oxygens (including phenoxy) is 2. The lowest BCUT2D eigenvalue weighted by Crippen LogP contribution is -2.29. The van der Waals surface area contributed by atoms with Crippen molar-refractivity contribution in [1.29, 1.82) is 0 Å². The Balaban J connectivity index is 1.84. The summed E-state index contributed by atoms with van der Waals surface area (Å²) in [7, 11) is 0. The predicted molar refractivity (Wildman–Crippen MR) is 118 cm³/mol. The monoisotopic (exact) mass is 488 g/mol. The number of alkyl halides is 5. The van der Waals surface area contributed by atoms with Crippen molar-refractivity contribution in [2.24, 2.45) is 5.92 Å². The molecule has 1 aliphatic rings. The van der Waals surface area contributed by atoms with Crippen molar-refractivity contribution < 1.29 is 35.8 Å². The molecule has 0 atom stereocenters. The van der Waals surface area contributed by atoms with Gasteiger partial charge in [0.1, 0.15) is 11.3 Å². The predicted octanol–water partition coefficient (Wildman–Crippen LogP) is 8.75. The van der Waals surface area contributed by atoms with Gasteiger partial charge in [0.25, 0.3) is 0 Å². The highest BCUT2D eigenvalue weighted by molar-refractivity contribution is 5.47. The van der Waals surface area contributed by atoms with Crippen molar-refractivity contribution in [2.75, 3.05) is 6.61 Å². The zero-order valence-corrected chi connectivity index (χ0v) is 19.6. The third-order valence-electron chi connectivity index (χ3n) is 6.44. The van der Waals surface area contributed by atoms with Crippen LogP contribution in [0.2, 0.25) is 0 Å². The van der Waals surface area contributed by atoms with Crippen LogP contribution in [0.15, 0.2) is 30.3 Å². The Morgan fingerprint density at radius 2 is 1.53 bits per heavy atom. The fraction of sp³-hybridized carbons (Fsp3) is 0.538. The van der Waals surface area contributed by atoms with Crippen LogP contribution in [0.4, 0.5) is 26.3 Å². The summed E-state index contributed by atoms with van der Waals surface area (Å²) in [6.07, 6.45) is -3.15. The molecule has 1 fully saturated rings. The van der Waals surface area contributed by atoms with Crippen molar-refractivity contribution in [3.63, 3.8) is 0 Å². The smallest absolute Gasteiger partial charge is 0.427 e. The van der Waals surface area contributed by atoms with Crippen molar-refractivity contribution in [2.45, 2.75) is 77.5 Å². The molecule has 0 spiro atoms. The molecule has 0 N–H and O–H groups in total. The normalized spacial score (nSPS) is 19.2. The van der Waals surface area contributed by atoms with E-state index in [-0.39, 0.29) is 12.4 Å². The van der Waals surface area contributed by atoms with Gasteiger partial charge in [-0.2, -0.15) is 22.0 Å². The lowest BCUT2D eigenvalue weighted by molar-refractivity contribution is -0.196. The molecular formula is C26H30F6O2. The first-order valence-electron chi connectivity index (χ1n) is 11.7. The maximum Gasteiger partial charge on any atom is 0.427 e. The Labute approximate surface area is 196 Å². The van der Waals surface area contributed by atoms with E-state index in [4.69, 9.17) is 9.47 Å². The molecule has 3 rings (SSSR count). The van der Waals surface area contributed by atoms with Gasteiger partial charge in [0.05, 0.1) is 12.2 Å². The number of hydrogen-bond donors (Lipinski definition) is 0. The van der Waals surface area contributed by atoms with Crippen LogP contribution < -0.4 is 9.47 Å². The van der Waals surface area contributed by atoms with E-state index in [1.54, 1.807) is 12.1 Å². The van der Waals surface area contributed by atoms with E-state index in [2.05, 4.69) is 6.92 Å².